The van der Waals surface area contributed by atoms with Gasteiger partial charge in [-0.05, 0) is 42.5 Å². The van der Waals surface area contributed by atoms with Crippen LogP contribution in [0.1, 0.15) is 10.4 Å². The van der Waals surface area contributed by atoms with Crippen LogP contribution in [-0.2, 0) is 0 Å². The Labute approximate surface area is 144 Å². The highest BCUT2D eigenvalue weighted by Crippen LogP contribution is 2.27. The molecule has 1 aromatic heterocycles. The first kappa shape index (κ1) is 16.4. The second-order valence-corrected chi connectivity index (χ2v) is 5.22. The minimum absolute atomic E-state index is 0.0468. The van der Waals surface area contributed by atoms with Crippen molar-refractivity contribution in [1.82, 2.24) is 4.98 Å². The minimum Gasteiger partial charge on any atom is -0.495 e. The van der Waals surface area contributed by atoms with Crippen LogP contribution in [0.2, 0.25) is 0 Å². The van der Waals surface area contributed by atoms with Gasteiger partial charge in [-0.1, -0.05) is 12.1 Å². The molecule has 1 amide bonds. The Balaban J connectivity index is 1.77. The van der Waals surface area contributed by atoms with Crippen LogP contribution in [-0.4, -0.2) is 18.0 Å². The Morgan fingerprint density at radius 3 is 2.64 bits per heavy atom. The van der Waals surface area contributed by atoms with Crippen molar-refractivity contribution in [3.8, 4) is 5.75 Å². The Bertz CT molecular complexity index is 885. The number of methoxy groups -OCH3 is 1. The molecule has 0 fully saturated rings. The highest BCUT2D eigenvalue weighted by atomic mass is 19.1. The molecule has 2 aromatic carbocycles. The molecule has 6 heteroatoms. The summed E-state index contributed by atoms with van der Waals surface area (Å²) in [4.78, 5) is 16.1. The van der Waals surface area contributed by atoms with Gasteiger partial charge in [0.1, 0.15) is 11.6 Å². The third-order valence-electron chi connectivity index (χ3n) is 3.52. The fourth-order valence-electron chi connectivity index (χ4n) is 2.32. The van der Waals surface area contributed by atoms with Crippen molar-refractivity contribution in [2.75, 3.05) is 17.7 Å². The Morgan fingerprint density at radius 1 is 1.08 bits per heavy atom. The monoisotopic (exact) mass is 337 g/mol. The molecular weight excluding hydrogens is 321 g/mol. The SMILES string of the molecule is COc1ccccc1Nc1ccc(C(=O)Nc2cccnc2)c(F)c1. The van der Waals surface area contributed by atoms with Crippen molar-refractivity contribution >= 4 is 23.0 Å². The predicted octanol–water partition coefficient (Wildman–Crippen LogP) is 4.23. The van der Waals surface area contributed by atoms with Crippen LogP contribution in [0.5, 0.6) is 5.75 Å². The van der Waals surface area contributed by atoms with Crippen molar-refractivity contribution < 1.29 is 13.9 Å². The molecule has 0 bridgehead atoms. The third-order valence-corrected chi connectivity index (χ3v) is 3.52. The van der Waals surface area contributed by atoms with E-state index in [1.165, 1.54) is 18.3 Å². The number of anilines is 3. The lowest BCUT2D eigenvalue weighted by atomic mass is 10.1. The topological polar surface area (TPSA) is 63.2 Å². The second-order valence-electron chi connectivity index (χ2n) is 5.22. The van der Waals surface area contributed by atoms with Gasteiger partial charge >= 0.3 is 0 Å². The van der Waals surface area contributed by atoms with Gasteiger partial charge in [-0.2, -0.15) is 0 Å². The van der Waals surface area contributed by atoms with Crippen molar-refractivity contribution in [2.45, 2.75) is 0 Å². The van der Waals surface area contributed by atoms with E-state index in [1.807, 2.05) is 18.2 Å². The molecule has 0 atom stereocenters. The zero-order valence-electron chi connectivity index (χ0n) is 13.5. The van der Waals surface area contributed by atoms with E-state index in [2.05, 4.69) is 15.6 Å². The van der Waals surface area contributed by atoms with Gasteiger partial charge in [-0.3, -0.25) is 9.78 Å². The number of benzene rings is 2. The number of hydrogen-bond donors (Lipinski definition) is 2. The quantitative estimate of drug-likeness (QED) is 0.731. The summed E-state index contributed by atoms with van der Waals surface area (Å²) in [6, 6.07) is 15.0. The molecule has 0 spiro atoms. The smallest absolute Gasteiger partial charge is 0.258 e. The molecule has 0 unspecified atom stereocenters. The number of hydrogen-bond acceptors (Lipinski definition) is 4. The zero-order chi connectivity index (χ0) is 17.6. The van der Waals surface area contributed by atoms with Crippen molar-refractivity contribution in [1.29, 1.82) is 0 Å². The van der Waals surface area contributed by atoms with Crippen LogP contribution in [0, 0.1) is 5.82 Å². The number of nitrogens with zero attached hydrogens (tertiary/aromatic N) is 1. The number of halogens is 1. The highest BCUT2D eigenvalue weighted by molar-refractivity contribution is 6.04. The fourth-order valence-corrected chi connectivity index (χ4v) is 2.32. The van der Waals surface area contributed by atoms with Crippen LogP contribution in [0.25, 0.3) is 0 Å². The number of pyridine rings is 1. The summed E-state index contributed by atoms with van der Waals surface area (Å²) < 4.78 is 19.6. The first-order valence-corrected chi connectivity index (χ1v) is 7.58. The normalized spacial score (nSPS) is 10.2. The van der Waals surface area contributed by atoms with Gasteiger partial charge < -0.3 is 15.4 Å². The third kappa shape index (κ3) is 3.92. The van der Waals surface area contributed by atoms with Gasteiger partial charge in [0.2, 0.25) is 0 Å². The molecule has 1 heterocycles. The minimum atomic E-state index is -0.624. The summed E-state index contributed by atoms with van der Waals surface area (Å²) >= 11 is 0. The van der Waals surface area contributed by atoms with E-state index in [0.29, 0.717) is 22.8 Å². The Hall–Kier alpha value is -3.41. The van der Waals surface area contributed by atoms with E-state index in [1.54, 1.807) is 37.6 Å². The maximum Gasteiger partial charge on any atom is 0.258 e. The predicted molar refractivity (Wildman–Crippen MR) is 94.9 cm³/mol. The molecule has 0 aliphatic rings. The average Bonchev–Trinajstić information content (AvgIpc) is 2.63. The average molecular weight is 337 g/mol. The summed E-state index contributed by atoms with van der Waals surface area (Å²) in [5.74, 6) is -0.517. The van der Waals surface area contributed by atoms with E-state index in [9.17, 15) is 9.18 Å². The molecule has 2 N–H and O–H groups in total. The summed E-state index contributed by atoms with van der Waals surface area (Å²) in [5, 5.41) is 5.68. The molecule has 3 rings (SSSR count). The second kappa shape index (κ2) is 7.44. The lowest BCUT2D eigenvalue weighted by Gasteiger charge is -2.12. The van der Waals surface area contributed by atoms with Crippen LogP contribution in [0.15, 0.2) is 67.0 Å². The Morgan fingerprint density at radius 2 is 1.92 bits per heavy atom. The van der Waals surface area contributed by atoms with Gasteiger partial charge in [-0.15, -0.1) is 0 Å². The molecule has 25 heavy (non-hydrogen) atoms. The summed E-state index contributed by atoms with van der Waals surface area (Å²) in [6.45, 7) is 0. The lowest BCUT2D eigenvalue weighted by Crippen LogP contribution is -2.14. The molecule has 0 saturated heterocycles. The van der Waals surface area contributed by atoms with Gasteiger partial charge in [0.05, 0.1) is 30.2 Å². The zero-order valence-corrected chi connectivity index (χ0v) is 13.5. The van der Waals surface area contributed by atoms with E-state index in [4.69, 9.17) is 4.74 Å². The molecule has 0 aliphatic carbocycles. The number of ether oxygens (including phenoxy) is 1. The van der Waals surface area contributed by atoms with Crippen molar-refractivity contribution in [3.05, 3.63) is 78.4 Å². The summed E-state index contributed by atoms with van der Waals surface area (Å²) in [6.07, 6.45) is 3.09. The number of aromatic nitrogens is 1. The maximum atomic E-state index is 14.3. The maximum absolute atomic E-state index is 14.3. The summed E-state index contributed by atoms with van der Waals surface area (Å²) in [7, 11) is 1.56. The molecule has 0 aliphatic heterocycles. The van der Waals surface area contributed by atoms with Crippen LogP contribution in [0.4, 0.5) is 21.5 Å². The molecule has 126 valence electrons. The number of carbonyl (C=O) groups is 1. The number of para-hydroxylation sites is 2. The molecule has 0 radical (unpaired) electrons. The van der Waals surface area contributed by atoms with Crippen molar-refractivity contribution in [2.24, 2.45) is 0 Å². The standard InChI is InChI=1S/C19H16FN3O2/c1-25-18-7-3-2-6-17(18)22-13-8-9-15(16(20)11-13)19(24)23-14-5-4-10-21-12-14/h2-12,22H,1H3,(H,23,24). The molecule has 5 nitrogen and oxygen atoms in total. The van der Waals surface area contributed by atoms with Gasteiger partial charge in [-0.25, -0.2) is 4.39 Å². The lowest BCUT2D eigenvalue weighted by molar-refractivity contribution is 0.102. The van der Waals surface area contributed by atoms with Crippen molar-refractivity contribution in [3.63, 3.8) is 0 Å². The van der Waals surface area contributed by atoms with E-state index >= 15 is 0 Å². The number of amides is 1. The first-order valence-electron chi connectivity index (χ1n) is 7.58. The fraction of sp³-hybridized carbons (Fsp3) is 0.0526. The summed E-state index contributed by atoms with van der Waals surface area (Å²) in [5.41, 5.74) is 1.68. The van der Waals surface area contributed by atoms with Gasteiger partial charge in [0.25, 0.3) is 5.91 Å². The number of carbonyl (C=O) groups excluding carboxylic acids is 1. The van der Waals surface area contributed by atoms with Gasteiger partial charge in [0, 0.05) is 11.9 Å². The van der Waals surface area contributed by atoms with Crippen LogP contribution >= 0.6 is 0 Å². The largest absolute Gasteiger partial charge is 0.495 e. The highest BCUT2D eigenvalue weighted by Gasteiger charge is 2.13. The van der Waals surface area contributed by atoms with E-state index < -0.39 is 11.7 Å². The van der Waals surface area contributed by atoms with Gasteiger partial charge in [0.15, 0.2) is 0 Å². The molecular formula is C19H16FN3O2. The van der Waals surface area contributed by atoms with E-state index in [0.717, 1.165) is 0 Å². The van der Waals surface area contributed by atoms with Crippen LogP contribution < -0.4 is 15.4 Å². The van der Waals surface area contributed by atoms with E-state index in [-0.39, 0.29) is 5.56 Å². The van der Waals surface area contributed by atoms with Crippen LogP contribution in [0.3, 0.4) is 0 Å². The number of nitrogens with one attached hydrogen (secondary N) is 2. The molecule has 0 saturated carbocycles. The first-order chi connectivity index (χ1) is 12.2. The molecule has 3 aromatic rings. The number of rotatable bonds is 5. The Kier molecular flexibility index (Phi) is 4.89.